The fourth-order valence-electron chi connectivity index (χ4n) is 1.98. The maximum absolute atomic E-state index is 5.95. The van der Waals surface area contributed by atoms with Gasteiger partial charge in [0.2, 0.25) is 0 Å². The van der Waals surface area contributed by atoms with Gasteiger partial charge in [-0.1, -0.05) is 13.0 Å². The standard InChI is InChI=1S/C11H15NS/c1-8-4-10(6-11(12)5-8)9-2-3-13-7-9/h2-3,6-8,11H,4-5,12H2,1H3. The van der Waals surface area contributed by atoms with E-state index in [1.165, 1.54) is 17.6 Å². The Labute approximate surface area is 83.3 Å². The van der Waals surface area contributed by atoms with Gasteiger partial charge in [0.25, 0.3) is 0 Å². The third-order valence-electron chi connectivity index (χ3n) is 2.55. The van der Waals surface area contributed by atoms with Crippen LogP contribution in [0.5, 0.6) is 0 Å². The molecular weight excluding hydrogens is 178 g/mol. The van der Waals surface area contributed by atoms with Crippen LogP contribution in [0.3, 0.4) is 0 Å². The Morgan fingerprint density at radius 3 is 3.00 bits per heavy atom. The van der Waals surface area contributed by atoms with Crippen LogP contribution in [0.1, 0.15) is 25.3 Å². The molecule has 0 aliphatic heterocycles. The second kappa shape index (κ2) is 3.64. The summed E-state index contributed by atoms with van der Waals surface area (Å²) in [4.78, 5) is 0. The van der Waals surface area contributed by atoms with Crippen molar-refractivity contribution in [3.63, 3.8) is 0 Å². The van der Waals surface area contributed by atoms with Crippen molar-refractivity contribution < 1.29 is 0 Å². The zero-order valence-electron chi connectivity index (χ0n) is 7.86. The lowest BCUT2D eigenvalue weighted by molar-refractivity contribution is 0.496. The van der Waals surface area contributed by atoms with Gasteiger partial charge in [0, 0.05) is 6.04 Å². The predicted octanol–water partition coefficient (Wildman–Crippen LogP) is 2.89. The van der Waals surface area contributed by atoms with Gasteiger partial charge in [-0.3, -0.25) is 0 Å². The molecule has 0 saturated carbocycles. The lowest BCUT2D eigenvalue weighted by atomic mass is 9.85. The number of rotatable bonds is 1. The van der Waals surface area contributed by atoms with Gasteiger partial charge in [0.05, 0.1) is 0 Å². The highest BCUT2D eigenvalue weighted by molar-refractivity contribution is 7.08. The van der Waals surface area contributed by atoms with E-state index in [-0.39, 0.29) is 6.04 Å². The van der Waals surface area contributed by atoms with E-state index in [4.69, 9.17) is 5.73 Å². The fourth-order valence-corrected chi connectivity index (χ4v) is 2.66. The van der Waals surface area contributed by atoms with Crippen LogP contribution in [-0.4, -0.2) is 6.04 Å². The molecule has 1 aromatic rings. The lowest BCUT2D eigenvalue weighted by Gasteiger charge is -2.23. The summed E-state index contributed by atoms with van der Waals surface area (Å²) in [6.45, 7) is 2.28. The van der Waals surface area contributed by atoms with Crippen molar-refractivity contribution in [2.24, 2.45) is 11.7 Å². The maximum atomic E-state index is 5.95. The van der Waals surface area contributed by atoms with Crippen molar-refractivity contribution in [3.05, 3.63) is 28.5 Å². The van der Waals surface area contributed by atoms with Crippen LogP contribution in [-0.2, 0) is 0 Å². The fraction of sp³-hybridized carbons (Fsp3) is 0.455. The third kappa shape index (κ3) is 2.01. The Kier molecular flexibility index (Phi) is 2.51. The first kappa shape index (κ1) is 8.97. The summed E-state index contributed by atoms with van der Waals surface area (Å²) in [5.41, 5.74) is 8.75. The highest BCUT2D eigenvalue weighted by atomic mass is 32.1. The Bertz CT molecular complexity index is 300. The number of thiophene rings is 1. The summed E-state index contributed by atoms with van der Waals surface area (Å²) in [6.07, 6.45) is 4.54. The van der Waals surface area contributed by atoms with E-state index in [0.717, 1.165) is 12.3 Å². The van der Waals surface area contributed by atoms with Gasteiger partial charge in [0.1, 0.15) is 0 Å². The summed E-state index contributed by atoms with van der Waals surface area (Å²) < 4.78 is 0. The number of allylic oxidation sites excluding steroid dienone is 1. The molecule has 0 fully saturated rings. The number of hydrogen-bond acceptors (Lipinski definition) is 2. The van der Waals surface area contributed by atoms with E-state index in [1.807, 2.05) is 0 Å². The van der Waals surface area contributed by atoms with Gasteiger partial charge in [-0.15, -0.1) is 0 Å². The Balaban J connectivity index is 2.24. The quantitative estimate of drug-likeness (QED) is 0.729. The SMILES string of the molecule is CC1CC(c2ccsc2)=CC(N)C1. The summed E-state index contributed by atoms with van der Waals surface area (Å²) in [7, 11) is 0. The lowest BCUT2D eigenvalue weighted by Crippen LogP contribution is -2.24. The Morgan fingerprint density at radius 1 is 1.54 bits per heavy atom. The van der Waals surface area contributed by atoms with Crippen LogP contribution in [0.4, 0.5) is 0 Å². The number of hydrogen-bond donors (Lipinski definition) is 1. The van der Waals surface area contributed by atoms with Gasteiger partial charge in [0.15, 0.2) is 0 Å². The second-order valence-corrected chi connectivity index (χ2v) is 4.69. The summed E-state index contributed by atoms with van der Waals surface area (Å²) in [6, 6.07) is 2.44. The van der Waals surface area contributed by atoms with Crippen LogP contribution >= 0.6 is 11.3 Å². The average molecular weight is 193 g/mol. The molecule has 1 aromatic heterocycles. The normalized spacial score (nSPS) is 28.6. The first-order valence-corrected chi connectivity index (χ1v) is 5.69. The van der Waals surface area contributed by atoms with E-state index in [1.54, 1.807) is 11.3 Å². The van der Waals surface area contributed by atoms with Crippen LogP contribution < -0.4 is 5.73 Å². The van der Waals surface area contributed by atoms with Gasteiger partial charge in [-0.25, -0.2) is 0 Å². The van der Waals surface area contributed by atoms with E-state index >= 15 is 0 Å². The van der Waals surface area contributed by atoms with E-state index in [0.29, 0.717) is 0 Å². The minimum Gasteiger partial charge on any atom is -0.324 e. The molecule has 1 heterocycles. The molecule has 0 bridgehead atoms. The van der Waals surface area contributed by atoms with Crippen LogP contribution in [0, 0.1) is 5.92 Å². The molecule has 0 aromatic carbocycles. The molecule has 2 atom stereocenters. The van der Waals surface area contributed by atoms with Crippen LogP contribution in [0.25, 0.3) is 5.57 Å². The Hall–Kier alpha value is -0.600. The maximum Gasteiger partial charge on any atom is 0.0232 e. The molecule has 1 nitrogen and oxygen atoms in total. The molecule has 0 spiro atoms. The highest BCUT2D eigenvalue weighted by Gasteiger charge is 2.17. The molecule has 2 heteroatoms. The first-order chi connectivity index (χ1) is 6.25. The van der Waals surface area contributed by atoms with Gasteiger partial charge in [-0.05, 0) is 46.7 Å². The van der Waals surface area contributed by atoms with E-state index < -0.39 is 0 Å². The molecule has 13 heavy (non-hydrogen) atoms. The highest BCUT2D eigenvalue weighted by Crippen LogP contribution is 2.30. The summed E-state index contributed by atoms with van der Waals surface area (Å²) in [5, 5.41) is 4.33. The largest absolute Gasteiger partial charge is 0.324 e. The number of nitrogens with two attached hydrogens (primary N) is 1. The summed E-state index contributed by atoms with van der Waals surface area (Å²) >= 11 is 1.75. The first-order valence-electron chi connectivity index (χ1n) is 4.74. The zero-order chi connectivity index (χ0) is 9.26. The van der Waals surface area contributed by atoms with Crippen molar-refractivity contribution in [1.29, 1.82) is 0 Å². The van der Waals surface area contributed by atoms with Crippen molar-refractivity contribution in [2.75, 3.05) is 0 Å². The van der Waals surface area contributed by atoms with E-state index in [9.17, 15) is 0 Å². The topological polar surface area (TPSA) is 26.0 Å². The zero-order valence-corrected chi connectivity index (χ0v) is 8.68. The predicted molar refractivity (Wildman–Crippen MR) is 58.7 cm³/mol. The van der Waals surface area contributed by atoms with Crippen LogP contribution in [0.15, 0.2) is 22.9 Å². The molecule has 0 radical (unpaired) electrons. The van der Waals surface area contributed by atoms with Crippen LogP contribution in [0.2, 0.25) is 0 Å². The van der Waals surface area contributed by atoms with Crippen molar-refractivity contribution in [3.8, 4) is 0 Å². The van der Waals surface area contributed by atoms with Crippen molar-refractivity contribution in [1.82, 2.24) is 0 Å². The molecule has 0 amide bonds. The second-order valence-electron chi connectivity index (χ2n) is 3.91. The molecule has 1 aliphatic carbocycles. The molecular formula is C11H15NS. The minimum atomic E-state index is 0.263. The minimum absolute atomic E-state index is 0.263. The van der Waals surface area contributed by atoms with Gasteiger partial charge in [-0.2, -0.15) is 11.3 Å². The van der Waals surface area contributed by atoms with Crippen molar-refractivity contribution in [2.45, 2.75) is 25.8 Å². The molecule has 70 valence electrons. The average Bonchev–Trinajstić information content (AvgIpc) is 2.53. The molecule has 2 rings (SSSR count). The summed E-state index contributed by atoms with van der Waals surface area (Å²) in [5.74, 6) is 0.731. The van der Waals surface area contributed by atoms with Gasteiger partial charge >= 0.3 is 0 Å². The van der Waals surface area contributed by atoms with Gasteiger partial charge < -0.3 is 5.73 Å². The Morgan fingerprint density at radius 2 is 2.38 bits per heavy atom. The molecule has 2 N–H and O–H groups in total. The smallest absolute Gasteiger partial charge is 0.0232 e. The molecule has 2 unspecified atom stereocenters. The monoisotopic (exact) mass is 193 g/mol. The van der Waals surface area contributed by atoms with Crippen molar-refractivity contribution >= 4 is 16.9 Å². The molecule has 1 aliphatic rings. The molecule has 0 saturated heterocycles. The third-order valence-corrected chi connectivity index (χ3v) is 3.23. The van der Waals surface area contributed by atoms with E-state index in [2.05, 4.69) is 29.8 Å².